The third-order valence-electron chi connectivity index (χ3n) is 4.74. The molecule has 1 aromatic rings. The van der Waals surface area contributed by atoms with Gasteiger partial charge >= 0.3 is 0 Å². The van der Waals surface area contributed by atoms with Crippen LogP contribution in [0, 0.1) is 11.8 Å². The number of hydrogen-bond acceptors (Lipinski definition) is 3. The lowest BCUT2D eigenvalue weighted by molar-refractivity contribution is 0.239. The van der Waals surface area contributed by atoms with E-state index < -0.39 is 0 Å². The lowest BCUT2D eigenvalue weighted by Gasteiger charge is -2.32. The predicted octanol–water partition coefficient (Wildman–Crippen LogP) is 3.92. The molecule has 1 atom stereocenters. The van der Waals surface area contributed by atoms with Crippen LogP contribution in [0.1, 0.15) is 50.6 Å². The molecule has 1 unspecified atom stereocenters. The average molecular weight is 277 g/mol. The summed E-state index contributed by atoms with van der Waals surface area (Å²) in [4.78, 5) is 0. The molecule has 20 heavy (non-hydrogen) atoms. The lowest BCUT2D eigenvalue weighted by Crippen LogP contribution is -2.26. The molecule has 0 radical (unpaired) electrons. The maximum atomic E-state index is 6.49. The zero-order valence-electron chi connectivity index (χ0n) is 12.9. The Bertz CT molecular complexity index is 403. The summed E-state index contributed by atoms with van der Waals surface area (Å²) in [5, 5.41) is 0. The van der Waals surface area contributed by atoms with Crippen molar-refractivity contribution in [1.29, 1.82) is 0 Å². The van der Waals surface area contributed by atoms with Gasteiger partial charge in [0.25, 0.3) is 0 Å². The number of benzene rings is 1. The molecule has 0 saturated heterocycles. The summed E-state index contributed by atoms with van der Waals surface area (Å²) in [5.41, 5.74) is 7.62. The molecule has 1 aromatic carbocycles. The molecule has 1 aliphatic rings. The molecular weight excluding hydrogens is 250 g/mol. The van der Waals surface area contributed by atoms with Crippen LogP contribution in [0.25, 0.3) is 0 Å². The van der Waals surface area contributed by atoms with Gasteiger partial charge in [0.15, 0.2) is 0 Å². The molecule has 3 nitrogen and oxygen atoms in total. The van der Waals surface area contributed by atoms with Crippen LogP contribution in [0.3, 0.4) is 0 Å². The Labute approximate surface area is 122 Å². The van der Waals surface area contributed by atoms with E-state index in [4.69, 9.17) is 15.2 Å². The van der Waals surface area contributed by atoms with E-state index in [0.29, 0.717) is 5.92 Å². The summed E-state index contributed by atoms with van der Waals surface area (Å²) in [6, 6.07) is 6.05. The molecule has 1 saturated carbocycles. The lowest BCUT2D eigenvalue weighted by atomic mass is 9.76. The quantitative estimate of drug-likeness (QED) is 0.887. The zero-order valence-corrected chi connectivity index (χ0v) is 12.9. The molecule has 3 heteroatoms. The number of methoxy groups -OCH3 is 2. The minimum Gasteiger partial charge on any atom is -0.497 e. The molecule has 0 spiro atoms. The van der Waals surface area contributed by atoms with Crippen molar-refractivity contribution < 1.29 is 9.47 Å². The van der Waals surface area contributed by atoms with E-state index in [1.165, 1.54) is 32.1 Å². The van der Waals surface area contributed by atoms with Gasteiger partial charge in [-0.1, -0.05) is 26.2 Å². The molecule has 0 bridgehead atoms. The summed E-state index contributed by atoms with van der Waals surface area (Å²) in [6.07, 6.45) is 6.40. The van der Waals surface area contributed by atoms with Crippen LogP contribution in [0.2, 0.25) is 0 Å². The Morgan fingerprint density at radius 3 is 2.05 bits per heavy atom. The molecule has 1 fully saturated rings. The van der Waals surface area contributed by atoms with E-state index in [2.05, 4.69) is 6.92 Å². The fraction of sp³-hybridized carbons (Fsp3) is 0.647. The van der Waals surface area contributed by atoms with Crippen molar-refractivity contribution in [2.24, 2.45) is 17.6 Å². The maximum absolute atomic E-state index is 6.49. The van der Waals surface area contributed by atoms with Gasteiger partial charge in [-0.05, 0) is 42.4 Å². The third kappa shape index (κ3) is 3.45. The predicted molar refractivity (Wildman–Crippen MR) is 82.2 cm³/mol. The Balaban J connectivity index is 2.10. The van der Waals surface area contributed by atoms with Crippen LogP contribution >= 0.6 is 0 Å². The second kappa shape index (κ2) is 6.98. The van der Waals surface area contributed by atoms with Crippen LogP contribution in [0.5, 0.6) is 11.5 Å². The summed E-state index contributed by atoms with van der Waals surface area (Å²) in [5.74, 6) is 3.11. The first kappa shape index (κ1) is 15.2. The van der Waals surface area contributed by atoms with Gasteiger partial charge in [-0.15, -0.1) is 0 Å². The minimum absolute atomic E-state index is 0.0804. The highest BCUT2D eigenvalue weighted by atomic mass is 16.5. The molecule has 0 heterocycles. The molecule has 0 amide bonds. The van der Waals surface area contributed by atoms with Gasteiger partial charge in [0.05, 0.1) is 14.2 Å². The number of ether oxygens (including phenoxy) is 2. The zero-order chi connectivity index (χ0) is 14.5. The largest absolute Gasteiger partial charge is 0.497 e. The van der Waals surface area contributed by atoms with Gasteiger partial charge in [-0.2, -0.15) is 0 Å². The highest BCUT2D eigenvalue weighted by Gasteiger charge is 2.26. The van der Waals surface area contributed by atoms with Crippen molar-refractivity contribution in [3.63, 3.8) is 0 Å². The van der Waals surface area contributed by atoms with Gasteiger partial charge in [-0.3, -0.25) is 0 Å². The summed E-state index contributed by atoms with van der Waals surface area (Å²) < 4.78 is 10.7. The van der Waals surface area contributed by atoms with Crippen molar-refractivity contribution in [3.05, 3.63) is 23.8 Å². The number of rotatable bonds is 5. The molecule has 2 rings (SSSR count). The first-order chi connectivity index (χ1) is 9.67. The number of hydrogen-bond donors (Lipinski definition) is 1. The monoisotopic (exact) mass is 277 g/mol. The SMILES string of the molecule is CCC1CCC(C(N)c2cc(OC)cc(OC)c2)CC1. The van der Waals surface area contributed by atoms with E-state index >= 15 is 0 Å². The summed E-state index contributed by atoms with van der Waals surface area (Å²) in [7, 11) is 3.35. The van der Waals surface area contributed by atoms with Crippen LogP contribution in [-0.4, -0.2) is 14.2 Å². The van der Waals surface area contributed by atoms with E-state index in [9.17, 15) is 0 Å². The fourth-order valence-electron chi connectivity index (χ4n) is 3.25. The van der Waals surface area contributed by atoms with Gasteiger partial charge in [0.1, 0.15) is 11.5 Å². The Hall–Kier alpha value is -1.22. The van der Waals surface area contributed by atoms with E-state index in [-0.39, 0.29) is 6.04 Å². The Kier molecular flexibility index (Phi) is 5.30. The van der Waals surface area contributed by atoms with E-state index in [1.807, 2.05) is 18.2 Å². The number of nitrogens with two attached hydrogens (primary N) is 1. The van der Waals surface area contributed by atoms with Crippen molar-refractivity contribution in [1.82, 2.24) is 0 Å². The minimum atomic E-state index is 0.0804. The molecule has 2 N–H and O–H groups in total. The molecule has 0 aliphatic heterocycles. The molecule has 0 aromatic heterocycles. The first-order valence-corrected chi connectivity index (χ1v) is 7.66. The van der Waals surface area contributed by atoms with Gasteiger partial charge < -0.3 is 15.2 Å². The smallest absolute Gasteiger partial charge is 0.122 e. The topological polar surface area (TPSA) is 44.5 Å². The Morgan fingerprint density at radius 2 is 1.60 bits per heavy atom. The van der Waals surface area contributed by atoms with Gasteiger partial charge in [-0.25, -0.2) is 0 Å². The van der Waals surface area contributed by atoms with Crippen LogP contribution in [0.15, 0.2) is 18.2 Å². The molecule has 112 valence electrons. The summed E-state index contributed by atoms with van der Waals surface area (Å²) in [6.45, 7) is 2.29. The van der Waals surface area contributed by atoms with Crippen molar-refractivity contribution >= 4 is 0 Å². The third-order valence-corrected chi connectivity index (χ3v) is 4.74. The molecule has 1 aliphatic carbocycles. The van der Waals surface area contributed by atoms with E-state index in [1.54, 1.807) is 14.2 Å². The van der Waals surface area contributed by atoms with Crippen LogP contribution in [0.4, 0.5) is 0 Å². The highest BCUT2D eigenvalue weighted by molar-refractivity contribution is 5.40. The van der Waals surface area contributed by atoms with Gasteiger partial charge in [0.2, 0.25) is 0 Å². The second-order valence-electron chi connectivity index (χ2n) is 5.86. The second-order valence-corrected chi connectivity index (χ2v) is 5.86. The standard InChI is InChI=1S/C17H27NO2/c1-4-12-5-7-13(8-6-12)17(18)14-9-15(19-2)11-16(10-14)20-3/h9-13,17H,4-8,18H2,1-3H3. The first-order valence-electron chi connectivity index (χ1n) is 7.66. The van der Waals surface area contributed by atoms with Crippen LogP contribution in [-0.2, 0) is 0 Å². The highest BCUT2D eigenvalue weighted by Crippen LogP contribution is 2.38. The Morgan fingerprint density at radius 1 is 1.05 bits per heavy atom. The van der Waals surface area contributed by atoms with Crippen molar-refractivity contribution in [3.8, 4) is 11.5 Å². The summed E-state index contributed by atoms with van der Waals surface area (Å²) >= 11 is 0. The van der Waals surface area contributed by atoms with Gasteiger partial charge in [0, 0.05) is 12.1 Å². The normalized spacial score (nSPS) is 24.2. The van der Waals surface area contributed by atoms with Crippen molar-refractivity contribution in [2.75, 3.05) is 14.2 Å². The maximum Gasteiger partial charge on any atom is 0.122 e. The van der Waals surface area contributed by atoms with E-state index in [0.717, 1.165) is 23.0 Å². The van der Waals surface area contributed by atoms with Crippen LogP contribution < -0.4 is 15.2 Å². The average Bonchev–Trinajstić information content (AvgIpc) is 2.53. The fourth-order valence-corrected chi connectivity index (χ4v) is 3.25. The molecular formula is C17H27NO2. The van der Waals surface area contributed by atoms with Crippen molar-refractivity contribution in [2.45, 2.75) is 45.1 Å².